The van der Waals surface area contributed by atoms with Crippen molar-refractivity contribution in [2.75, 3.05) is 11.2 Å². The number of nitrogens with one attached hydrogen (secondary N) is 1. The summed E-state index contributed by atoms with van der Waals surface area (Å²) in [7, 11) is 0. The third-order valence-electron chi connectivity index (χ3n) is 3.81. The van der Waals surface area contributed by atoms with Gasteiger partial charge in [-0.2, -0.15) is 0 Å². The second kappa shape index (κ2) is 6.58. The summed E-state index contributed by atoms with van der Waals surface area (Å²) in [4.78, 5) is 14.9. The lowest BCUT2D eigenvalue weighted by Crippen LogP contribution is -2.24. The summed E-state index contributed by atoms with van der Waals surface area (Å²) in [5.74, 6) is -0.174. The van der Waals surface area contributed by atoms with Gasteiger partial charge < -0.3 is 5.73 Å². The van der Waals surface area contributed by atoms with E-state index in [-0.39, 0.29) is 5.91 Å². The molecule has 3 aromatic heterocycles. The van der Waals surface area contributed by atoms with E-state index in [0.717, 1.165) is 21.1 Å². The zero-order chi connectivity index (χ0) is 17.2. The van der Waals surface area contributed by atoms with Crippen LogP contribution in [-0.2, 0) is 0 Å². The molecule has 0 aliphatic rings. The number of nitrogen functional groups attached to an aromatic ring is 1. The van der Waals surface area contributed by atoms with Gasteiger partial charge in [-0.25, -0.2) is 0 Å². The topological polar surface area (TPSA) is 60.1 Å². The summed E-state index contributed by atoms with van der Waals surface area (Å²) in [6.07, 6.45) is 0. The number of aromatic nitrogens is 1. The molecule has 0 saturated carbocycles. The molecule has 0 radical (unpaired) electrons. The second-order valence-corrected chi connectivity index (χ2v) is 7.35. The van der Waals surface area contributed by atoms with Gasteiger partial charge in [-0.05, 0) is 59.3 Å². The van der Waals surface area contributed by atoms with E-state index in [1.54, 1.807) is 46.9 Å². The number of amides is 1. The summed E-state index contributed by atoms with van der Waals surface area (Å²) in [6, 6.07) is 19.1. The number of hydrogen-bond donors (Lipinski definition) is 2. The molecule has 0 atom stereocenters. The first-order valence-corrected chi connectivity index (χ1v) is 9.45. The molecular formula is C19H15N3OS2. The van der Waals surface area contributed by atoms with Crippen molar-refractivity contribution in [3.05, 3.63) is 77.0 Å². The predicted molar refractivity (Wildman–Crippen MR) is 106 cm³/mol. The van der Waals surface area contributed by atoms with E-state index >= 15 is 0 Å². The highest BCUT2D eigenvalue weighted by Crippen LogP contribution is 2.32. The average molecular weight is 365 g/mol. The molecule has 0 spiro atoms. The minimum atomic E-state index is -0.174. The second-order valence-electron chi connectivity index (χ2n) is 5.46. The number of benzene rings is 1. The molecule has 4 nitrogen and oxygen atoms in total. The molecule has 6 heteroatoms. The maximum atomic E-state index is 12.7. The number of thiophene rings is 2. The minimum Gasteiger partial charge on any atom is -0.399 e. The van der Waals surface area contributed by atoms with Gasteiger partial charge in [0.2, 0.25) is 0 Å². The number of nitrogens with two attached hydrogens (primary N) is 1. The number of hydrogen-bond acceptors (Lipinski definition) is 4. The Morgan fingerprint density at radius 1 is 0.840 bits per heavy atom. The number of carbonyl (C=O) groups excluding carboxylic acids is 1. The average Bonchev–Trinajstić information content (AvgIpc) is 3.36. The highest BCUT2D eigenvalue weighted by molar-refractivity contribution is 7.14. The van der Waals surface area contributed by atoms with E-state index in [2.05, 4.69) is 5.43 Å². The Hall–Kier alpha value is -2.83. The molecule has 0 fully saturated rings. The van der Waals surface area contributed by atoms with E-state index in [9.17, 15) is 4.79 Å². The van der Waals surface area contributed by atoms with Crippen LogP contribution in [0.25, 0.3) is 21.1 Å². The first kappa shape index (κ1) is 15.7. The first-order valence-electron chi connectivity index (χ1n) is 7.69. The fourth-order valence-electron chi connectivity index (χ4n) is 2.59. The SMILES string of the molecule is Nc1ccc(C(=O)Nn2c(-c3cccs3)ccc2-c2cccs2)cc1. The van der Waals surface area contributed by atoms with E-state index < -0.39 is 0 Å². The Morgan fingerprint density at radius 3 is 1.88 bits per heavy atom. The van der Waals surface area contributed by atoms with Crippen LogP contribution in [0.2, 0.25) is 0 Å². The zero-order valence-corrected chi connectivity index (χ0v) is 14.8. The predicted octanol–water partition coefficient (Wildman–Crippen LogP) is 4.91. The molecule has 0 unspecified atom stereocenters. The maximum absolute atomic E-state index is 12.7. The van der Waals surface area contributed by atoms with Crippen LogP contribution in [0.4, 0.5) is 5.69 Å². The Bertz CT molecular complexity index is 932. The molecule has 124 valence electrons. The molecule has 0 bridgehead atoms. The Morgan fingerprint density at radius 2 is 1.40 bits per heavy atom. The van der Waals surface area contributed by atoms with E-state index in [1.807, 2.05) is 51.8 Å². The molecule has 3 heterocycles. The summed E-state index contributed by atoms with van der Waals surface area (Å²) in [5.41, 5.74) is 11.8. The normalized spacial score (nSPS) is 10.7. The summed E-state index contributed by atoms with van der Waals surface area (Å²) in [5, 5.41) is 4.05. The van der Waals surface area contributed by atoms with Crippen molar-refractivity contribution in [2.24, 2.45) is 0 Å². The van der Waals surface area contributed by atoms with Crippen LogP contribution in [0.5, 0.6) is 0 Å². The quantitative estimate of drug-likeness (QED) is 0.505. The number of anilines is 1. The summed E-state index contributed by atoms with van der Waals surface area (Å²) in [6.45, 7) is 0. The monoisotopic (exact) mass is 365 g/mol. The van der Waals surface area contributed by atoms with Crippen LogP contribution in [0.3, 0.4) is 0 Å². The third-order valence-corrected chi connectivity index (χ3v) is 5.60. The molecule has 0 saturated heterocycles. The van der Waals surface area contributed by atoms with E-state index in [4.69, 9.17) is 5.73 Å². The molecule has 25 heavy (non-hydrogen) atoms. The van der Waals surface area contributed by atoms with Crippen molar-refractivity contribution in [1.82, 2.24) is 4.68 Å². The Labute approximate surface area is 153 Å². The number of nitrogens with zero attached hydrogens (tertiary/aromatic N) is 1. The van der Waals surface area contributed by atoms with Crippen LogP contribution >= 0.6 is 22.7 Å². The van der Waals surface area contributed by atoms with Gasteiger partial charge >= 0.3 is 0 Å². The molecule has 1 amide bonds. The van der Waals surface area contributed by atoms with Crippen molar-refractivity contribution in [2.45, 2.75) is 0 Å². The molecular weight excluding hydrogens is 350 g/mol. The Balaban J connectivity index is 1.75. The van der Waals surface area contributed by atoms with Crippen molar-refractivity contribution < 1.29 is 4.79 Å². The minimum absolute atomic E-state index is 0.174. The lowest BCUT2D eigenvalue weighted by atomic mass is 10.2. The van der Waals surface area contributed by atoms with Gasteiger partial charge in [0.25, 0.3) is 5.91 Å². The lowest BCUT2D eigenvalue weighted by molar-refractivity contribution is 0.101. The molecule has 4 aromatic rings. The number of carbonyl (C=O) groups is 1. The van der Waals surface area contributed by atoms with Crippen molar-refractivity contribution in [3.63, 3.8) is 0 Å². The molecule has 4 rings (SSSR count). The zero-order valence-electron chi connectivity index (χ0n) is 13.2. The lowest BCUT2D eigenvalue weighted by Gasteiger charge is -2.14. The van der Waals surface area contributed by atoms with Gasteiger partial charge in [0.15, 0.2) is 0 Å². The summed E-state index contributed by atoms with van der Waals surface area (Å²) >= 11 is 3.28. The van der Waals surface area contributed by atoms with Gasteiger partial charge in [-0.15, -0.1) is 22.7 Å². The van der Waals surface area contributed by atoms with Gasteiger partial charge in [-0.3, -0.25) is 14.9 Å². The standard InChI is InChI=1S/C19H15N3OS2/c20-14-7-5-13(6-8-14)19(23)21-22-15(17-3-1-11-24-17)9-10-16(22)18-4-2-12-25-18/h1-12H,20H2,(H,21,23). The molecule has 0 aliphatic carbocycles. The molecule has 1 aromatic carbocycles. The fraction of sp³-hybridized carbons (Fsp3) is 0. The fourth-order valence-corrected chi connectivity index (χ4v) is 4.07. The van der Waals surface area contributed by atoms with Crippen LogP contribution in [-0.4, -0.2) is 10.6 Å². The molecule has 0 aliphatic heterocycles. The largest absolute Gasteiger partial charge is 0.399 e. The van der Waals surface area contributed by atoms with E-state index in [0.29, 0.717) is 11.3 Å². The van der Waals surface area contributed by atoms with E-state index in [1.165, 1.54) is 0 Å². The van der Waals surface area contributed by atoms with Gasteiger partial charge in [0.1, 0.15) is 0 Å². The van der Waals surface area contributed by atoms with Gasteiger partial charge in [0, 0.05) is 11.3 Å². The van der Waals surface area contributed by atoms with Gasteiger partial charge in [0.05, 0.1) is 21.1 Å². The highest BCUT2D eigenvalue weighted by Gasteiger charge is 2.16. The van der Waals surface area contributed by atoms with Crippen LogP contribution in [0, 0.1) is 0 Å². The molecule has 3 N–H and O–H groups in total. The smallest absolute Gasteiger partial charge is 0.270 e. The third kappa shape index (κ3) is 3.09. The van der Waals surface area contributed by atoms with Crippen molar-refractivity contribution in [1.29, 1.82) is 0 Å². The number of rotatable bonds is 4. The maximum Gasteiger partial charge on any atom is 0.270 e. The Kier molecular flexibility index (Phi) is 4.13. The summed E-state index contributed by atoms with van der Waals surface area (Å²) < 4.78 is 1.86. The van der Waals surface area contributed by atoms with Gasteiger partial charge in [-0.1, -0.05) is 12.1 Å². The first-order chi connectivity index (χ1) is 12.2. The van der Waals surface area contributed by atoms with Crippen LogP contribution < -0.4 is 11.2 Å². The van der Waals surface area contributed by atoms with Crippen LogP contribution in [0.15, 0.2) is 71.4 Å². The van der Waals surface area contributed by atoms with Crippen molar-refractivity contribution in [3.8, 4) is 21.1 Å². The highest BCUT2D eigenvalue weighted by atomic mass is 32.1. The van der Waals surface area contributed by atoms with Crippen LogP contribution in [0.1, 0.15) is 10.4 Å². The van der Waals surface area contributed by atoms with Crippen molar-refractivity contribution >= 4 is 34.3 Å².